The summed E-state index contributed by atoms with van der Waals surface area (Å²) in [4.78, 5) is 0. The van der Waals surface area contributed by atoms with Crippen molar-refractivity contribution in [3.8, 4) is 0 Å². The second-order valence-electron chi connectivity index (χ2n) is 4.04. The number of benzene rings is 2. The highest BCUT2D eigenvalue weighted by molar-refractivity contribution is 9.10. The zero-order valence-corrected chi connectivity index (χ0v) is 11.0. The van der Waals surface area contributed by atoms with Gasteiger partial charge in [-0.3, -0.25) is 0 Å². The van der Waals surface area contributed by atoms with Crippen molar-refractivity contribution in [1.82, 2.24) is 0 Å². The van der Waals surface area contributed by atoms with E-state index in [-0.39, 0.29) is 11.9 Å². The van der Waals surface area contributed by atoms with Gasteiger partial charge in [0.2, 0.25) is 0 Å². The topological polar surface area (TPSA) is 26.0 Å². The van der Waals surface area contributed by atoms with Crippen molar-refractivity contribution in [1.29, 1.82) is 0 Å². The van der Waals surface area contributed by atoms with Crippen LogP contribution in [0.25, 0.3) is 0 Å². The summed E-state index contributed by atoms with van der Waals surface area (Å²) in [6.07, 6.45) is 0. The molecule has 0 aliphatic rings. The highest BCUT2D eigenvalue weighted by Crippen LogP contribution is 2.23. The van der Waals surface area contributed by atoms with Crippen LogP contribution in [0.3, 0.4) is 0 Å². The van der Waals surface area contributed by atoms with Gasteiger partial charge in [-0.25, -0.2) is 4.39 Å². The lowest BCUT2D eigenvalue weighted by Crippen LogP contribution is -2.12. The predicted molar refractivity (Wildman–Crippen MR) is 71.3 cm³/mol. The zero-order valence-electron chi connectivity index (χ0n) is 9.45. The van der Waals surface area contributed by atoms with Crippen LogP contribution in [0.15, 0.2) is 46.9 Å². The van der Waals surface area contributed by atoms with Crippen molar-refractivity contribution in [2.24, 2.45) is 5.73 Å². The van der Waals surface area contributed by atoms with Crippen LogP contribution in [0, 0.1) is 12.7 Å². The van der Waals surface area contributed by atoms with Crippen LogP contribution in [-0.2, 0) is 0 Å². The molecule has 0 amide bonds. The van der Waals surface area contributed by atoms with Crippen LogP contribution in [0.4, 0.5) is 4.39 Å². The van der Waals surface area contributed by atoms with Gasteiger partial charge in [0.25, 0.3) is 0 Å². The molecule has 0 saturated heterocycles. The third-order valence-electron chi connectivity index (χ3n) is 2.75. The van der Waals surface area contributed by atoms with Crippen LogP contribution in [0.2, 0.25) is 0 Å². The molecule has 0 saturated carbocycles. The van der Waals surface area contributed by atoms with E-state index < -0.39 is 0 Å². The minimum absolute atomic E-state index is 0.199. The van der Waals surface area contributed by atoms with E-state index in [0.29, 0.717) is 5.56 Å². The molecule has 0 heterocycles. The minimum atomic E-state index is -0.230. The first-order valence-electron chi connectivity index (χ1n) is 5.35. The molecule has 0 fully saturated rings. The Bertz CT molecular complexity index is 539. The standard InChI is InChI=1S/C14H13BrFN/c1-9-7-11(5-6-13(9)16)14(17)10-3-2-4-12(15)8-10/h2-8,14H,17H2,1H3. The Hall–Kier alpha value is -1.19. The molecule has 2 aromatic carbocycles. The molecule has 0 aliphatic carbocycles. The van der Waals surface area contributed by atoms with Crippen molar-refractivity contribution in [3.63, 3.8) is 0 Å². The highest BCUT2D eigenvalue weighted by atomic mass is 79.9. The Kier molecular flexibility index (Phi) is 3.60. The first-order valence-corrected chi connectivity index (χ1v) is 6.14. The Morgan fingerprint density at radius 2 is 1.82 bits per heavy atom. The summed E-state index contributed by atoms with van der Waals surface area (Å²) in [7, 11) is 0. The monoisotopic (exact) mass is 293 g/mol. The number of halogens is 2. The summed E-state index contributed by atoms with van der Waals surface area (Å²) in [6.45, 7) is 1.74. The minimum Gasteiger partial charge on any atom is -0.320 e. The molecular formula is C14H13BrFN. The first-order chi connectivity index (χ1) is 8.08. The van der Waals surface area contributed by atoms with Gasteiger partial charge in [0.1, 0.15) is 5.82 Å². The van der Waals surface area contributed by atoms with Gasteiger partial charge in [0.15, 0.2) is 0 Å². The molecule has 0 aliphatic heterocycles. The van der Waals surface area contributed by atoms with E-state index in [4.69, 9.17) is 5.73 Å². The van der Waals surface area contributed by atoms with Gasteiger partial charge in [0, 0.05) is 4.47 Å². The third kappa shape index (κ3) is 2.73. The predicted octanol–water partition coefficient (Wildman–Crippen LogP) is 3.94. The fraction of sp³-hybridized carbons (Fsp3) is 0.143. The number of aryl methyl sites for hydroxylation is 1. The first kappa shape index (κ1) is 12.3. The molecule has 3 heteroatoms. The molecule has 1 unspecified atom stereocenters. The molecular weight excluding hydrogens is 281 g/mol. The van der Waals surface area contributed by atoms with E-state index in [1.165, 1.54) is 6.07 Å². The molecule has 0 aromatic heterocycles. The van der Waals surface area contributed by atoms with Gasteiger partial charge in [-0.15, -0.1) is 0 Å². The van der Waals surface area contributed by atoms with E-state index in [1.54, 1.807) is 19.1 Å². The van der Waals surface area contributed by atoms with Crippen molar-refractivity contribution >= 4 is 15.9 Å². The molecule has 1 atom stereocenters. The summed E-state index contributed by atoms with van der Waals surface area (Å²) in [5, 5.41) is 0. The van der Waals surface area contributed by atoms with Gasteiger partial charge in [-0.1, -0.05) is 40.2 Å². The van der Waals surface area contributed by atoms with Crippen LogP contribution in [-0.4, -0.2) is 0 Å². The van der Waals surface area contributed by atoms with Crippen molar-refractivity contribution < 1.29 is 4.39 Å². The number of hydrogen-bond donors (Lipinski definition) is 1. The van der Waals surface area contributed by atoms with Gasteiger partial charge in [-0.2, -0.15) is 0 Å². The van der Waals surface area contributed by atoms with Crippen LogP contribution in [0.1, 0.15) is 22.7 Å². The average Bonchev–Trinajstić information content (AvgIpc) is 2.32. The van der Waals surface area contributed by atoms with Crippen LogP contribution in [0.5, 0.6) is 0 Å². The summed E-state index contributed by atoms with van der Waals surface area (Å²) >= 11 is 3.41. The molecule has 2 rings (SSSR count). The van der Waals surface area contributed by atoms with Crippen LogP contribution >= 0.6 is 15.9 Å². The van der Waals surface area contributed by atoms with Crippen molar-refractivity contribution in [2.45, 2.75) is 13.0 Å². The molecule has 1 nitrogen and oxygen atoms in total. The third-order valence-corrected chi connectivity index (χ3v) is 3.24. The smallest absolute Gasteiger partial charge is 0.126 e. The summed E-state index contributed by atoms with van der Waals surface area (Å²) < 4.78 is 14.2. The summed E-state index contributed by atoms with van der Waals surface area (Å²) in [6, 6.07) is 12.6. The SMILES string of the molecule is Cc1cc(C(N)c2cccc(Br)c2)ccc1F. The quantitative estimate of drug-likeness (QED) is 0.892. The van der Waals surface area contributed by atoms with Gasteiger partial charge in [0.05, 0.1) is 6.04 Å². The summed E-state index contributed by atoms with van der Waals surface area (Å²) in [5.41, 5.74) is 8.70. The van der Waals surface area contributed by atoms with Gasteiger partial charge in [-0.05, 0) is 41.8 Å². The highest BCUT2D eigenvalue weighted by Gasteiger charge is 2.10. The largest absolute Gasteiger partial charge is 0.320 e. The molecule has 0 bridgehead atoms. The maximum absolute atomic E-state index is 13.2. The fourth-order valence-electron chi connectivity index (χ4n) is 1.75. The molecule has 2 aromatic rings. The molecule has 88 valence electrons. The Morgan fingerprint density at radius 3 is 2.47 bits per heavy atom. The average molecular weight is 294 g/mol. The maximum atomic E-state index is 13.2. The van der Waals surface area contributed by atoms with Gasteiger partial charge < -0.3 is 5.73 Å². The molecule has 0 radical (unpaired) electrons. The zero-order chi connectivity index (χ0) is 12.4. The van der Waals surface area contributed by atoms with E-state index in [2.05, 4.69) is 15.9 Å². The van der Waals surface area contributed by atoms with Crippen molar-refractivity contribution in [2.75, 3.05) is 0 Å². The lowest BCUT2D eigenvalue weighted by molar-refractivity contribution is 0.617. The van der Waals surface area contributed by atoms with E-state index in [0.717, 1.165) is 15.6 Å². The molecule has 2 N–H and O–H groups in total. The molecule has 0 spiro atoms. The Labute approximate surface area is 109 Å². The fourth-order valence-corrected chi connectivity index (χ4v) is 2.17. The summed E-state index contributed by atoms with van der Waals surface area (Å²) in [5.74, 6) is -0.199. The maximum Gasteiger partial charge on any atom is 0.126 e. The second kappa shape index (κ2) is 4.98. The lowest BCUT2D eigenvalue weighted by Gasteiger charge is -2.13. The molecule has 17 heavy (non-hydrogen) atoms. The van der Waals surface area contributed by atoms with Crippen LogP contribution < -0.4 is 5.73 Å². The second-order valence-corrected chi connectivity index (χ2v) is 4.96. The van der Waals surface area contributed by atoms with E-state index in [1.807, 2.05) is 24.3 Å². The van der Waals surface area contributed by atoms with E-state index in [9.17, 15) is 4.39 Å². The Balaban J connectivity index is 2.36. The van der Waals surface area contributed by atoms with Gasteiger partial charge >= 0.3 is 0 Å². The lowest BCUT2D eigenvalue weighted by atomic mass is 9.98. The van der Waals surface area contributed by atoms with Crippen molar-refractivity contribution in [3.05, 3.63) is 69.4 Å². The number of hydrogen-bond acceptors (Lipinski definition) is 1. The van der Waals surface area contributed by atoms with E-state index >= 15 is 0 Å². The Morgan fingerprint density at radius 1 is 1.12 bits per heavy atom. The number of nitrogens with two attached hydrogens (primary N) is 1. The normalized spacial score (nSPS) is 12.5. The number of rotatable bonds is 2.